The molecule has 0 radical (unpaired) electrons. The summed E-state index contributed by atoms with van der Waals surface area (Å²) in [5, 5.41) is 0. The molecule has 0 saturated heterocycles. The number of ether oxygens (including phenoxy) is 2. The number of halogens is 1. The summed E-state index contributed by atoms with van der Waals surface area (Å²) in [4.78, 5) is 23.9. The van der Waals surface area contributed by atoms with E-state index < -0.39 is 0 Å². The first-order valence-electron chi connectivity index (χ1n) is 7.99. The van der Waals surface area contributed by atoms with Crippen LogP contribution in [0.25, 0.3) is 0 Å². The molecule has 0 fully saturated rings. The van der Waals surface area contributed by atoms with Crippen LogP contribution in [-0.4, -0.2) is 11.9 Å². The smallest absolute Gasteiger partial charge is 0.311 e. The molecule has 0 amide bonds. The van der Waals surface area contributed by atoms with Crippen LogP contribution in [0.4, 0.5) is 0 Å². The SMILES string of the molecule is CC(C)CCC(=O)Oc1cccc(I)c1OC(=O)CCC(C)C. The van der Waals surface area contributed by atoms with Crippen molar-refractivity contribution in [2.45, 2.75) is 53.4 Å². The second-order valence-electron chi connectivity index (χ2n) is 6.38. The Labute approximate surface area is 152 Å². The molecule has 0 aliphatic rings. The lowest BCUT2D eigenvalue weighted by molar-refractivity contribution is -0.137. The fourth-order valence-corrected chi connectivity index (χ4v) is 2.40. The summed E-state index contributed by atoms with van der Waals surface area (Å²) in [5.74, 6) is 0.906. The molecule has 0 saturated carbocycles. The normalized spacial score (nSPS) is 10.9. The van der Waals surface area contributed by atoms with Crippen molar-refractivity contribution in [2.75, 3.05) is 0 Å². The quantitative estimate of drug-likeness (QED) is 0.331. The number of carbonyl (C=O) groups is 2. The topological polar surface area (TPSA) is 52.6 Å². The number of hydrogen-bond acceptors (Lipinski definition) is 4. The highest BCUT2D eigenvalue weighted by Crippen LogP contribution is 2.33. The maximum atomic E-state index is 12.0. The third-order valence-corrected chi connectivity index (χ3v) is 4.07. The summed E-state index contributed by atoms with van der Waals surface area (Å²) in [7, 11) is 0. The van der Waals surface area contributed by atoms with E-state index in [0.717, 1.165) is 16.4 Å². The Morgan fingerprint density at radius 3 is 2.00 bits per heavy atom. The predicted molar refractivity (Wildman–Crippen MR) is 98.6 cm³/mol. The molecular formula is C18H25IO4. The van der Waals surface area contributed by atoms with E-state index in [1.807, 2.05) is 6.07 Å². The van der Waals surface area contributed by atoms with Crippen LogP contribution in [0, 0.1) is 15.4 Å². The van der Waals surface area contributed by atoms with Crippen molar-refractivity contribution in [3.63, 3.8) is 0 Å². The maximum absolute atomic E-state index is 12.0. The van der Waals surface area contributed by atoms with Gasteiger partial charge in [0, 0.05) is 12.8 Å². The highest BCUT2D eigenvalue weighted by Gasteiger charge is 2.17. The standard InChI is InChI=1S/C18H25IO4/c1-12(2)8-10-16(20)22-15-7-5-6-14(19)18(15)23-17(21)11-9-13(3)4/h5-7,12-13H,8-11H2,1-4H3. The van der Waals surface area contributed by atoms with Crippen LogP contribution < -0.4 is 9.47 Å². The van der Waals surface area contributed by atoms with E-state index in [1.165, 1.54) is 0 Å². The summed E-state index contributed by atoms with van der Waals surface area (Å²) in [6.07, 6.45) is 2.24. The van der Waals surface area contributed by atoms with Gasteiger partial charge in [-0.05, 0) is 59.4 Å². The van der Waals surface area contributed by atoms with Gasteiger partial charge in [-0.25, -0.2) is 0 Å². The molecule has 1 aromatic rings. The molecule has 0 bridgehead atoms. The summed E-state index contributed by atoms with van der Waals surface area (Å²) in [5.41, 5.74) is 0. The van der Waals surface area contributed by atoms with Gasteiger partial charge < -0.3 is 9.47 Å². The average molecular weight is 432 g/mol. The minimum atomic E-state index is -0.305. The molecule has 0 aromatic heterocycles. The van der Waals surface area contributed by atoms with Gasteiger partial charge in [-0.2, -0.15) is 0 Å². The minimum absolute atomic E-state index is 0.303. The molecule has 128 valence electrons. The van der Waals surface area contributed by atoms with E-state index in [1.54, 1.807) is 12.1 Å². The molecule has 0 spiro atoms. The van der Waals surface area contributed by atoms with Gasteiger partial charge in [0.25, 0.3) is 0 Å². The number of hydrogen-bond donors (Lipinski definition) is 0. The van der Waals surface area contributed by atoms with E-state index in [9.17, 15) is 9.59 Å². The Morgan fingerprint density at radius 2 is 1.48 bits per heavy atom. The maximum Gasteiger partial charge on any atom is 0.311 e. The Balaban J connectivity index is 2.75. The van der Waals surface area contributed by atoms with E-state index in [4.69, 9.17) is 9.47 Å². The second kappa shape index (κ2) is 9.90. The molecule has 0 aliphatic heterocycles. The Kier molecular flexibility index (Phi) is 8.58. The third-order valence-electron chi connectivity index (χ3n) is 3.22. The molecular weight excluding hydrogens is 407 g/mol. The number of carbonyl (C=O) groups excluding carboxylic acids is 2. The third kappa shape index (κ3) is 7.81. The molecule has 23 heavy (non-hydrogen) atoms. The van der Waals surface area contributed by atoms with Gasteiger partial charge in [0.2, 0.25) is 0 Å². The molecule has 0 N–H and O–H groups in total. The Bertz CT molecular complexity index is 538. The lowest BCUT2D eigenvalue weighted by Crippen LogP contribution is -2.13. The number of para-hydroxylation sites is 1. The molecule has 0 unspecified atom stereocenters. The molecule has 1 rings (SSSR count). The average Bonchev–Trinajstić information content (AvgIpc) is 2.46. The second-order valence-corrected chi connectivity index (χ2v) is 7.54. The van der Waals surface area contributed by atoms with E-state index in [-0.39, 0.29) is 11.9 Å². The van der Waals surface area contributed by atoms with Crippen molar-refractivity contribution in [3.8, 4) is 11.5 Å². The highest BCUT2D eigenvalue weighted by molar-refractivity contribution is 14.1. The van der Waals surface area contributed by atoms with Crippen molar-refractivity contribution in [1.82, 2.24) is 0 Å². The van der Waals surface area contributed by atoms with Gasteiger partial charge in [-0.15, -0.1) is 0 Å². The van der Waals surface area contributed by atoms with Crippen LogP contribution >= 0.6 is 22.6 Å². The summed E-state index contributed by atoms with van der Waals surface area (Å²) >= 11 is 2.07. The molecule has 4 nitrogen and oxygen atoms in total. The number of esters is 2. The van der Waals surface area contributed by atoms with Crippen LogP contribution in [0.5, 0.6) is 11.5 Å². The van der Waals surface area contributed by atoms with E-state index >= 15 is 0 Å². The summed E-state index contributed by atoms with van der Waals surface area (Å²) < 4.78 is 11.6. The van der Waals surface area contributed by atoms with Gasteiger partial charge in [0.15, 0.2) is 11.5 Å². The fourth-order valence-electron chi connectivity index (χ4n) is 1.82. The first-order chi connectivity index (χ1) is 10.8. The first-order valence-corrected chi connectivity index (χ1v) is 9.07. The van der Waals surface area contributed by atoms with Crippen LogP contribution in [0.3, 0.4) is 0 Å². The van der Waals surface area contributed by atoms with Gasteiger partial charge in [0.05, 0.1) is 3.57 Å². The lowest BCUT2D eigenvalue weighted by atomic mass is 10.1. The van der Waals surface area contributed by atoms with Crippen molar-refractivity contribution < 1.29 is 19.1 Å². The molecule has 0 aliphatic carbocycles. The number of rotatable bonds is 8. The summed E-state index contributed by atoms with van der Waals surface area (Å²) in [6.45, 7) is 8.23. The number of benzene rings is 1. The Morgan fingerprint density at radius 1 is 0.957 bits per heavy atom. The first kappa shape index (κ1) is 19.9. The zero-order valence-electron chi connectivity index (χ0n) is 14.2. The molecule has 1 aromatic carbocycles. The molecule has 5 heteroatoms. The fraction of sp³-hybridized carbons (Fsp3) is 0.556. The largest absolute Gasteiger partial charge is 0.422 e. The van der Waals surface area contributed by atoms with Crippen molar-refractivity contribution in [3.05, 3.63) is 21.8 Å². The van der Waals surface area contributed by atoms with Gasteiger partial charge in [0.1, 0.15) is 0 Å². The van der Waals surface area contributed by atoms with Crippen molar-refractivity contribution in [1.29, 1.82) is 0 Å². The minimum Gasteiger partial charge on any atom is -0.422 e. The van der Waals surface area contributed by atoms with Gasteiger partial charge >= 0.3 is 11.9 Å². The summed E-state index contributed by atoms with van der Waals surface area (Å²) in [6, 6.07) is 5.25. The predicted octanol–water partition coefficient (Wildman–Crippen LogP) is 4.97. The zero-order chi connectivity index (χ0) is 17.4. The van der Waals surface area contributed by atoms with Crippen molar-refractivity contribution in [2.24, 2.45) is 11.8 Å². The zero-order valence-corrected chi connectivity index (χ0v) is 16.4. The monoisotopic (exact) mass is 432 g/mol. The Hall–Kier alpha value is -1.11. The van der Waals surface area contributed by atoms with Crippen molar-refractivity contribution >= 4 is 34.5 Å². The van der Waals surface area contributed by atoms with Crippen LogP contribution in [0.2, 0.25) is 0 Å². The van der Waals surface area contributed by atoms with E-state index in [0.29, 0.717) is 36.2 Å². The molecule has 0 heterocycles. The van der Waals surface area contributed by atoms with E-state index in [2.05, 4.69) is 50.3 Å². The van der Waals surface area contributed by atoms with Gasteiger partial charge in [-0.1, -0.05) is 33.8 Å². The van der Waals surface area contributed by atoms with Crippen LogP contribution in [0.1, 0.15) is 53.4 Å². The lowest BCUT2D eigenvalue weighted by Gasteiger charge is -2.13. The van der Waals surface area contributed by atoms with Crippen LogP contribution in [-0.2, 0) is 9.59 Å². The van der Waals surface area contributed by atoms with Gasteiger partial charge in [-0.3, -0.25) is 9.59 Å². The molecule has 0 atom stereocenters. The highest BCUT2D eigenvalue weighted by atomic mass is 127. The van der Waals surface area contributed by atoms with Crippen LogP contribution in [0.15, 0.2) is 18.2 Å².